The van der Waals surface area contributed by atoms with Gasteiger partial charge in [0.25, 0.3) is 0 Å². The Bertz CT molecular complexity index is 940. The Hall–Kier alpha value is -3.03. The van der Waals surface area contributed by atoms with Gasteiger partial charge >= 0.3 is 6.03 Å². The molecule has 30 heavy (non-hydrogen) atoms. The molecule has 7 nitrogen and oxygen atoms in total. The van der Waals surface area contributed by atoms with E-state index in [1.807, 2.05) is 42.5 Å². The van der Waals surface area contributed by atoms with Crippen molar-refractivity contribution in [3.05, 3.63) is 60.2 Å². The van der Waals surface area contributed by atoms with Crippen LogP contribution >= 0.6 is 0 Å². The van der Waals surface area contributed by atoms with Crippen LogP contribution in [0.3, 0.4) is 0 Å². The molecule has 1 N–H and O–H groups in total. The highest BCUT2D eigenvalue weighted by molar-refractivity contribution is 6.02. The third-order valence-electron chi connectivity index (χ3n) is 5.68. The molecule has 158 valence electrons. The molecule has 2 aliphatic heterocycles. The molecule has 7 heteroatoms. The molecule has 0 unspecified atom stereocenters. The number of hydrogen-bond acceptors (Lipinski definition) is 5. The van der Waals surface area contributed by atoms with Crippen molar-refractivity contribution in [1.29, 1.82) is 0 Å². The lowest BCUT2D eigenvalue weighted by atomic mass is 10.0. The van der Waals surface area contributed by atoms with Crippen molar-refractivity contribution in [3.8, 4) is 11.5 Å². The van der Waals surface area contributed by atoms with E-state index in [1.54, 1.807) is 19.1 Å². The number of amides is 2. The summed E-state index contributed by atoms with van der Waals surface area (Å²) in [6.07, 6.45) is 0. The molecule has 2 aromatic carbocycles. The molecule has 0 saturated carbocycles. The van der Waals surface area contributed by atoms with Gasteiger partial charge in [0.2, 0.25) is 0 Å². The fourth-order valence-corrected chi connectivity index (χ4v) is 4.04. The number of nitrogens with one attached hydrogen (secondary N) is 1. The van der Waals surface area contributed by atoms with Crippen LogP contribution in [0.25, 0.3) is 5.70 Å². The number of ether oxygens (including phenoxy) is 3. The van der Waals surface area contributed by atoms with Gasteiger partial charge < -0.3 is 19.5 Å². The van der Waals surface area contributed by atoms with Crippen molar-refractivity contribution in [3.63, 3.8) is 0 Å². The summed E-state index contributed by atoms with van der Waals surface area (Å²) in [5.74, 6) is 1.34. The van der Waals surface area contributed by atoms with Gasteiger partial charge in [-0.15, -0.1) is 0 Å². The highest BCUT2D eigenvalue weighted by Crippen LogP contribution is 2.36. The summed E-state index contributed by atoms with van der Waals surface area (Å²) < 4.78 is 16.5. The van der Waals surface area contributed by atoms with Crippen LogP contribution in [0.1, 0.15) is 17.2 Å². The molecule has 0 aromatic heterocycles. The number of hydrogen-bond donors (Lipinski definition) is 1. The zero-order valence-corrected chi connectivity index (χ0v) is 17.4. The van der Waals surface area contributed by atoms with Crippen LogP contribution < -0.4 is 14.8 Å². The zero-order valence-electron chi connectivity index (χ0n) is 17.4. The Kier molecular flexibility index (Phi) is 5.92. The first-order chi connectivity index (χ1) is 14.6. The average Bonchev–Trinajstić information content (AvgIpc) is 2.79. The van der Waals surface area contributed by atoms with Crippen LogP contribution in [0, 0.1) is 0 Å². The molecule has 1 atom stereocenters. The lowest BCUT2D eigenvalue weighted by Gasteiger charge is -2.39. The second-order valence-corrected chi connectivity index (χ2v) is 7.31. The molecular formula is C23H27N3O4. The molecule has 2 aliphatic rings. The number of morpholine rings is 1. The van der Waals surface area contributed by atoms with Crippen LogP contribution in [-0.4, -0.2) is 62.9 Å². The maximum absolute atomic E-state index is 12.9. The van der Waals surface area contributed by atoms with Gasteiger partial charge in [0.15, 0.2) is 11.5 Å². The zero-order chi connectivity index (χ0) is 21.1. The normalized spacial score (nSPS) is 17.9. The topological polar surface area (TPSA) is 63.3 Å². The molecule has 0 spiro atoms. The number of carbonyl (C=O) groups is 1. The van der Waals surface area contributed by atoms with E-state index in [4.69, 9.17) is 14.2 Å². The number of fused-ring (bicyclic) bond motifs is 1. The molecule has 1 saturated heterocycles. The Morgan fingerprint density at radius 1 is 1.10 bits per heavy atom. The molecule has 2 heterocycles. The monoisotopic (exact) mass is 409 g/mol. The SMILES string of the molecule is C=C1c2ccccc2NC(=O)N1C[C@@H](c1ccc(OC)c(OC)c1)N1CCOCC1. The van der Waals surface area contributed by atoms with Gasteiger partial charge in [-0.1, -0.05) is 30.8 Å². The van der Waals surface area contributed by atoms with Gasteiger partial charge in [-0.05, 0) is 23.8 Å². The van der Waals surface area contributed by atoms with Crippen molar-refractivity contribution >= 4 is 17.4 Å². The number of rotatable bonds is 6. The molecule has 0 radical (unpaired) electrons. The third kappa shape index (κ3) is 3.86. The summed E-state index contributed by atoms with van der Waals surface area (Å²) >= 11 is 0. The molecule has 0 aliphatic carbocycles. The predicted octanol–water partition coefficient (Wildman–Crippen LogP) is 3.60. The number of urea groups is 1. The van der Waals surface area contributed by atoms with Crippen molar-refractivity contribution in [1.82, 2.24) is 9.80 Å². The van der Waals surface area contributed by atoms with Crippen molar-refractivity contribution < 1.29 is 19.0 Å². The van der Waals surface area contributed by atoms with Crippen molar-refractivity contribution in [2.24, 2.45) is 0 Å². The summed E-state index contributed by atoms with van der Waals surface area (Å²) in [5.41, 5.74) is 3.48. The maximum Gasteiger partial charge on any atom is 0.326 e. The quantitative estimate of drug-likeness (QED) is 0.790. The fraction of sp³-hybridized carbons (Fsp3) is 0.348. The smallest absolute Gasteiger partial charge is 0.326 e. The van der Waals surface area contributed by atoms with E-state index in [2.05, 4.69) is 16.8 Å². The predicted molar refractivity (Wildman–Crippen MR) is 116 cm³/mol. The van der Waals surface area contributed by atoms with Crippen LogP contribution in [0.2, 0.25) is 0 Å². The third-order valence-corrected chi connectivity index (χ3v) is 5.68. The minimum absolute atomic E-state index is 0.0403. The summed E-state index contributed by atoms with van der Waals surface area (Å²) in [6, 6.07) is 13.4. The van der Waals surface area contributed by atoms with E-state index in [9.17, 15) is 4.79 Å². The first-order valence-corrected chi connectivity index (χ1v) is 10.0. The Balaban J connectivity index is 1.67. The van der Waals surface area contributed by atoms with Crippen LogP contribution in [0.5, 0.6) is 11.5 Å². The summed E-state index contributed by atoms with van der Waals surface area (Å²) in [5, 5.41) is 2.98. The fourth-order valence-electron chi connectivity index (χ4n) is 4.04. The molecular weight excluding hydrogens is 382 g/mol. The van der Waals surface area contributed by atoms with Crippen molar-refractivity contribution in [2.45, 2.75) is 6.04 Å². The Morgan fingerprint density at radius 3 is 2.57 bits per heavy atom. The molecule has 1 fully saturated rings. The average molecular weight is 409 g/mol. The van der Waals surface area contributed by atoms with E-state index >= 15 is 0 Å². The van der Waals surface area contributed by atoms with E-state index in [1.165, 1.54) is 0 Å². The van der Waals surface area contributed by atoms with Gasteiger partial charge in [-0.2, -0.15) is 0 Å². The Morgan fingerprint density at radius 2 is 1.83 bits per heavy atom. The number of carbonyl (C=O) groups excluding carboxylic acids is 1. The largest absolute Gasteiger partial charge is 0.493 e. The molecule has 4 rings (SSSR count). The highest BCUT2D eigenvalue weighted by Gasteiger charge is 2.32. The Labute approximate surface area is 176 Å². The number of methoxy groups -OCH3 is 2. The molecule has 0 bridgehead atoms. The first-order valence-electron chi connectivity index (χ1n) is 10.0. The van der Waals surface area contributed by atoms with Gasteiger partial charge in [-0.3, -0.25) is 9.80 Å². The number of anilines is 1. The minimum atomic E-state index is -0.169. The maximum atomic E-state index is 12.9. The van der Waals surface area contributed by atoms with Crippen LogP contribution in [0.4, 0.5) is 10.5 Å². The second-order valence-electron chi connectivity index (χ2n) is 7.31. The second kappa shape index (κ2) is 8.77. The summed E-state index contributed by atoms with van der Waals surface area (Å²) in [6.45, 7) is 7.60. The first kappa shape index (κ1) is 20.3. The van der Waals surface area contributed by atoms with Crippen LogP contribution in [-0.2, 0) is 4.74 Å². The lowest BCUT2D eigenvalue weighted by molar-refractivity contribution is 0.0129. The number of nitrogens with zero attached hydrogens (tertiary/aromatic N) is 2. The van der Waals surface area contributed by atoms with Gasteiger partial charge in [0.1, 0.15) is 0 Å². The van der Waals surface area contributed by atoms with E-state index in [0.29, 0.717) is 37.0 Å². The standard InChI is InChI=1S/C23H27N3O4/c1-16-18-6-4-5-7-19(18)24-23(27)26(16)15-20(25-10-12-30-13-11-25)17-8-9-21(28-2)22(14-17)29-3/h4-9,14,20H,1,10-13,15H2,2-3H3,(H,24,27)/t20-/m0/s1. The van der Waals surface area contributed by atoms with Crippen molar-refractivity contribution in [2.75, 3.05) is 52.4 Å². The minimum Gasteiger partial charge on any atom is -0.493 e. The van der Waals surface area contributed by atoms with Gasteiger partial charge in [0.05, 0.1) is 39.2 Å². The number of benzene rings is 2. The van der Waals surface area contributed by atoms with E-state index < -0.39 is 0 Å². The number of para-hydroxylation sites is 1. The van der Waals surface area contributed by atoms with E-state index in [0.717, 1.165) is 29.9 Å². The highest BCUT2D eigenvalue weighted by atomic mass is 16.5. The van der Waals surface area contributed by atoms with E-state index in [-0.39, 0.29) is 12.1 Å². The summed E-state index contributed by atoms with van der Waals surface area (Å²) in [4.78, 5) is 17.0. The molecule has 2 aromatic rings. The van der Waals surface area contributed by atoms with Gasteiger partial charge in [-0.25, -0.2) is 4.79 Å². The summed E-state index contributed by atoms with van der Waals surface area (Å²) in [7, 11) is 3.25. The molecule has 2 amide bonds. The van der Waals surface area contributed by atoms with Crippen LogP contribution in [0.15, 0.2) is 49.0 Å². The lowest BCUT2D eigenvalue weighted by Crippen LogP contribution is -2.46. The van der Waals surface area contributed by atoms with Gasteiger partial charge in [0, 0.05) is 30.9 Å².